The molecule has 0 radical (unpaired) electrons. The van der Waals surface area contributed by atoms with Gasteiger partial charge in [0, 0.05) is 26.2 Å². The van der Waals surface area contributed by atoms with Crippen LogP contribution in [-0.2, 0) is 19.0 Å². The number of carbonyl (C=O) groups excluding carboxylic acids is 1. The molecule has 0 aliphatic heterocycles. The molecule has 0 saturated heterocycles. The lowest BCUT2D eigenvalue weighted by Crippen LogP contribution is -2.30. The Morgan fingerprint density at radius 1 is 1.29 bits per heavy atom. The van der Waals surface area contributed by atoms with Gasteiger partial charge in [0.2, 0.25) is 0 Å². The number of rotatable bonds is 8. The summed E-state index contributed by atoms with van der Waals surface area (Å²) in [4.78, 5) is 11.2. The Morgan fingerprint density at radius 3 is 2.29 bits per heavy atom. The smallest absolute Gasteiger partial charge is 0.363 e. The topological polar surface area (TPSA) is 65.0 Å². The SMILES string of the molecule is CCOC(OCC)C(=O)OCCCO. The molecule has 5 nitrogen and oxygen atoms in total. The fourth-order valence-electron chi connectivity index (χ4n) is 0.792. The third-order valence-corrected chi connectivity index (χ3v) is 1.38. The summed E-state index contributed by atoms with van der Waals surface area (Å²) in [6.07, 6.45) is -0.514. The van der Waals surface area contributed by atoms with Gasteiger partial charge in [0.1, 0.15) is 0 Å². The van der Waals surface area contributed by atoms with E-state index in [4.69, 9.17) is 19.3 Å². The molecule has 1 N–H and O–H groups in total. The van der Waals surface area contributed by atoms with Crippen molar-refractivity contribution in [1.29, 1.82) is 0 Å². The summed E-state index contributed by atoms with van der Waals surface area (Å²) in [5.41, 5.74) is 0. The first-order chi connectivity index (χ1) is 6.76. The molecule has 14 heavy (non-hydrogen) atoms. The van der Waals surface area contributed by atoms with E-state index in [0.29, 0.717) is 19.6 Å². The van der Waals surface area contributed by atoms with Gasteiger partial charge in [-0.1, -0.05) is 0 Å². The van der Waals surface area contributed by atoms with E-state index in [1.54, 1.807) is 13.8 Å². The number of hydrogen-bond acceptors (Lipinski definition) is 5. The molecule has 0 aromatic rings. The first-order valence-electron chi connectivity index (χ1n) is 4.76. The van der Waals surface area contributed by atoms with E-state index in [9.17, 15) is 4.79 Å². The monoisotopic (exact) mass is 206 g/mol. The van der Waals surface area contributed by atoms with Crippen LogP contribution in [0.15, 0.2) is 0 Å². The molecule has 0 rings (SSSR count). The van der Waals surface area contributed by atoms with E-state index < -0.39 is 12.3 Å². The average Bonchev–Trinajstić information content (AvgIpc) is 2.18. The predicted octanol–water partition coefficient (Wildman–Crippen LogP) is 0.311. The van der Waals surface area contributed by atoms with Gasteiger partial charge in [0.25, 0.3) is 6.29 Å². The van der Waals surface area contributed by atoms with Crippen molar-refractivity contribution >= 4 is 5.97 Å². The van der Waals surface area contributed by atoms with Crippen LogP contribution in [-0.4, -0.2) is 43.8 Å². The van der Waals surface area contributed by atoms with Crippen molar-refractivity contribution in [3.63, 3.8) is 0 Å². The van der Waals surface area contributed by atoms with Crippen LogP contribution in [0.2, 0.25) is 0 Å². The Hall–Kier alpha value is -0.650. The molecule has 0 bridgehead atoms. The van der Waals surface area contributed by atoms with Crippen LogP contribution in [0.1, 0.15) is 20.3 Å². The minimum Gasteiger partial charge on any atom is -0.462 e. The summed E-state index contributed by atoms with van der Waals surface area (Å²) < 4.78 is 14.8. The van der Waals surface area contributed by atoms with Gasteiger partial charge in [-0.25, -0.2) is 4.79 Å². The molecule has 0 unspecified atom stereocenters. The maximum atomic E-state index is 11.2. The molecule has 0 spiro atoms. The van der Waals surface area contributed by atoms with E-state index in [1.807, 2.05) is 0 Å². The Kier molecular flexibility index (Phi) is 8.51. The molecule has 0 aromatic carbocycles. The number of aliphatic hydroxyl groups is 1. The molecule has 0 amide bonds. The van der Waals surface area contributed by atoms with Crippen molar-refractivity contribution in [2.24, 2.45) is 0 Å². The Balaban J connectivity index is 3.76. The normalized spacial score (nSPS) is 10.6. The number of ether oxygens (including phenoxy) is 3. The fourth-order valence-corrected chi connectivity index (χ4v) is 0.792. The average molecular weight is 206 g/mol. The van der Waals surface area contributed by atoms with Gasteiger partial charge in [-0.05, 0) is 13.8 Å². The lowest BCUT2D eigenvalue weighted by molar-refractivity contribution is -0.193. The lowest BCUT2D eigenvalue weighted by atomic mass is 10.5. The maximum absolute atomic E-state index is 11.2. The van der Waals surface area contributed by atoms with Gasteiger partial charge >= 0.3 is 5.97 Å². The standard InChI is InChI=1S/C9H18O5/c1-3-12-9(13-4-2)8(11)14-7-5-6-10/h9-10H,3-7H2,1-2H3. The van der Waals surface area contributed by atoms with Crippen molar-refractivity contribution in [2.45, 2.75) is 26.6 Å². The Morgan fingerprint density at radius 2 is 1.86 bits per heavy atom. The quantitative estimate of drug-likeness (QED) is 0.352. The zero-order valence-electron chi connectivity index (χ0n) is 8.69. The highest BCUT2D eigenvalue weighted by Crippen LogP contribution is 1.99. The van der Waals surface area contributed by atoms with Gasteiger partial charge in [-0.3, -0.25) is 0 Å². The van der Waals surface area contributed by atoms with E-state index in [2.05, 4.69) is 0 Å². The van der Waals surface area contributed by atoms with Gasteiger partial charge in [-0.15, -0.1) is 0 Å². The Labute approximate surface area is 84.0 Å². The highest BCUT2D eigenvalue weighted by atomic mass is 16.7. The summed E-state index contributed by atoms with van der Waals surface area (Å²) in [6, 6.07) is 0. The van der Waals surface area contributed by atoms with Crippen LogP contribution >= 0.6 is 0 Å². The number of esters is 1. The summed E-state index contributed by atoms with van der Waals surface area (Å²) >= 11 is 0. The van der Waals surface area contributed by atoms with E-state index in [-0.39, 0.29) is 13.2 Å². The summed E-state index contributed by atoms with van der Waals surface area (Å²) in [7, 11) is 0. The van der Waals surface area contributed by atoms with Crippen molar-refractivity contribution in [1.82, 2.24) is 0 Å². The van der Waals surface area contributed by atoms with Gasteiger partial charge < -0.3 is 19.3 Å². The highest BCUT2D eigenvalue weighted by Gasteiger charge is 2.19. The third-order valence-electron chi connectivity index (χ3n) is 1.38. The van der Waals surface area contributed by atoms with Crippen LogP contribution in [0.3, 0.4) is 0 Å². The molecule has 5 heteroatoms. The molecule has 0 atom stereocenters. The van der Waals surface area contributed by atoms with Gasteiger partial charge in [-0.2, -0.15) is 0 Å². The van der Waals surface area contributed by atoms with Crippen LogP contribution < -0.4 is 0 Å². The molecule has 84 valence electrons. The zero-order chi connectivity index (χ0) is 10.8. The van der Waals surface area contributed by atoms with E-state index in [0.717, 1.165) is 0 Å². The predicted molar refractivity (Wildman–Crippen MR) is 49.7 cm³/mol. The van der Waals surface area contributed by atoms with Gasteiger partial charge in [0.05, 0.1) is 6.61 Å². The number of aliphatic hydroxyl groups excluding tert-OH is 1. The third kappa shape index (κ3) is 5.90. The van der Waals surface area contributed by atoms with Crippen LogP contribution in [0.25, 0.3) is 0 Å². The summed E-state index contributed by atoms with van der Waals surface area (Å²) in [5.74, 6) is -0.540. The van der Waals surface area contributed by atoms with Crippen LogP contribution in [0, 0.1) is 0 Å². The first-order valence-corrected chi connectivity index (χ1v) is 4.76. The molecular formula is C9H18O5. The zero-order valence-corrected chi connectivity index (χ0v) is 8.69. The fraction of sp³-hybridized carbons (Fsp3) is 0.889. The Bertz CT molecular complexity index is 142. The van der Waals surface area contributed by atoms with Crippen molar-refractivity contribution in [2.75, 3.05) is 26.4 Å². The van der Waals surface area contributed by atoms with Crippen LogP contribution in [0.5, 0.6) is 0 Å². The number of hydrogen-bond donors (Lipinski definition) is 1. The maximum Gasteiger partial charge on any atom is 0.363 e. The molecule has 0 saturated carbocycles. The van der Waals surface area contributed by atoms with Crippen molar-refractivity contribution < 1.29 is 24.1 Å². The van der Waals surface area contributed by atoms with E-state index in [1.165, 1.54) is 0 Å². The molecule has 0 aromatic heterocycles. The van der Waals surface area contributed by atoms with Gasteiger partial charge in [0.15, 0.2) is 0 Å². The van der Waals surface area contributed by atoms with E-state index >= 15 is 0 Å². The largest absolute Gasteiger partial charge is 0.462 e. The summed E-state index contributed by atoms with van der Waals surface area (Å²) in [6.45, 7) is 4.51. The second-order valence-electron chi connectivity index (χ2n) is 2.49. The van der Waals surface area contributed by atoms with Crippen molar-refractivity contribution in [3.05, 3.63) is 0 Å². The molecule has 0 heterocycles. The molecular weight excluding hydrogens is 188 g/mol. The molecule has 0 aliphatic rings. The first kappa shape index (κ1) is 13.4. The second-order valence-corrected chi connectivity index (χ2v) is 2.49. The lowest BCUT2D eigenvalue weighted by Gasteiger charge is -2.15. The van der Waals surface area contributed by atoms with Crippen LogP contribution in [0.4, 0.5) is 0 Å². The second kappa shape index (κ2) is 8.93. The summed E-state index contributed by atoms with van der Waals surface area (Å²) in [5, 5.41) is 8.47. The molecule has 0 fully saturated rings. The minimum absolute atomic E-state index is 0.00121. The van der Waals surface area contributed by atoms with Crippen molar-refractivity contribution in [3.8, 4) is 0 Å². The minimum atomic E-state index is -0.941. The highest BCUT2D eigenvalue weighted by molar-refractivity contribution is 5.73. The molecule has 0 aliphatic carbocycles. The number of carbonyl (C=O) groups is 1.